The van der Waals surface area contributed by atoms with Gasteiger partial charge in [0, 0.05) is 13.2 Å². The topological polar surface area (TPSA) is 100 Å². The number of rotatable bonds is 9. The first-order valence-corrected chi connectivity index (χ1v) is 7.52. The molecule has 0 radical (unpaired) electrons. The third kappa shape index (κ3) is 10.9. The Kier molecular flexibility index (Phi) is 9.96. The van der Waals surface area contributed by atoms with Gasteiger partial charge in [0.2, 0.25) is 5.91 Å². The van der Waals surface area contributed by atoms with E-state index in [4.69, 9.17) is 14.7 Å². The molecule has 0 unspecified atom stereocenters. The molecule has 0 aliphatic carbocycles. The van der Waals surface area contributed by atoms with Crippen LogP contribution in [0.3, 0.4) is 0 Å². The van der Waals surface area contributed by atoms with Gasteiger partial charge < -0.3 is 20.1 Å². The fraction of sp³-hybridized carbons (Fsp3) is 0.800. The van der Waals surface area contributed by atoms with E-state index in [0.717, 1.165) is 12.8 Å². The molecule has 0 aliphatic heterocycles. The minimum Gasteiger partial charge on any atom is -0.444 e. The molecule has 22 heavy (non-hydrogen) atoms. The van der Waals surface area contributed by atoms with Crippen molar-refractivity contribution < 1.29 is 19.1 Å². The Bertz CT molecular complexity index is 385. The molecule has 7 nitrogen and oxygen atoms in total. The Morgan fingerprint density at radius 1 is 1.32 bits per heavy atom. The number of unbranched alkanes of at least 4 members (excludes halogenated alkanes) is 1. The summed E-state index contributed by atoms with van der Waals surface area (Å²) in [5, 5.41) is 13.6. The molecule has 0 spiro atoms. The number of hydrogen-bond donors (Lipinski definition) is 2. The maximum atomic E-state index is 12.0. The van der Waals surface area contributed by atoms with Gasteiger partial charge >= 0.3 is 6.09 Å². The maximum absolute atomic E-state index is 12.0. The van der Waals surface area contributed by atoms with E-state index in [0.29, 0.717) is 6.61 Å². The van der Waals surface area contributed by atoms with Crippen LogP contribution in [0.4, 0.5) is 4.79 Å². The van der Waals surface area contributed by atoms with Gasteiger partial charge in [0.05, 0.1) is 19.1 Å². The smallest absolute Gasteiger partial charge is 0.408 e. The summed E-state index contributed by atoms with van der Waals surface area (Å²) in [5.41, 5.74) is -0.644. The molecule has 0 aromatic rings. The number of nitriles is 1. The highest BCUT2D eigenvalue weighted by Gasteiger charge is 2.24. The lowest BCUT2D eigenvalue weighted by Crippen LogP contribution is -2.50. The second-order valence-corrected chi connectivity index (χ2v) is 5.83. The van der Waals surface area contributed by atoms with Crippen molar-refractivity contribution in [1.82, 2.24) is 10.6 Å². The highest BCUT2D eigenvalue weighted by atomic mass is 16.6. The monoisotopic (exact) mass is 313 g/mol. The van der Waals surface area contributed by atoms with Gasteiger partial charge in [-0.2, -0.15) is 5.26 Å². The molecule has 0 fully saturated rings. The van der Waals surface area contributed by atoms with Gasteiger partial charge in [0.1, 0.15) is 11.6 Å². The highest BCUT2D eigenvalue weighted by Crippen LogP contribution is 2.07. The van der Waals surface area contributed by atoms with E-state index < -0.39 is 23.6 Å². The van der Waals surface area contributed by atoms with Crippen LogP contribution < -0.4 is 10.6 Å². The molecular formula is C15H27N3O4. The number of alkyl carbamates (subject to hydrolysis) is 1. The lowest BCUT2D eigenvalue weighted by atomic mass is 10.2. The molecule has 126 valence electrons. The summed E-state index contributed by atoms with van der Waals surface area (Å²) in [6, 6.07) is 1.09. The van der Waals surface area contributed by atoms with E-state index in [-0.39, 0.29) is 19.6 Å². The fourth-order valence-electron chi connectivity index (χ4n) is 1.45. The molecule has 0 aromatic carbocycles. The van der Waals surface area contributed by atoms with Crippen LogP contribution in [-0.4, -0.2) is 43.4 Å². The van der Waals surface area contributed by atoms with Gasteiger partial charge in [-0.05, 0) is 27.2 Å². The Balaban J connectivity index is 4.47. The molecule has 2 amide bonds. The van der Waals surface area contributed by atoms with Crippen LogP contribution in [-0.2, 0) is 14.3 Å². The van der Waals surface area contributed by atoms with Crippen LogP contribution in [0.25, 0.3) is 0 Å². The summed E-state index contributed by atoms with van der Waals surface area (Å²) in [6.07, 6.45) is 1.40. The number of nitrogens with zero attached hydrogens (tertiary/aromatic N) is 1. The molecule has 0 saturated heterocycles. The Hall–Kier alpha value is -1.81. The van der Waals surface area contributed by atoms with E-state index in [9.17, 15) is 9.59 Å². The lowest BCUT2D eigenvalue weighted by Gasteiger charge is -2.23. The van der Waals surface area contributed by atoms with Crippen molar-refractivity contribution in [2.45, 2.75) is 58.6 Å². The van der Waals surface area contributed by atoms with Crippen molar-refractivity contribution >= 4 is 12.0 Å². The molecule has 0 saturated carbocycles. The minimum atomic E-state index is -0.842. The van der Waals surface area contributed by atoms with Gasteiger partial charge in [0.25, 0.3) is 0 Å². The van der Waals surface area contributed by atoms with Crippen LogP contribution in [0.2, 0.25) is 0 Å². The molecule has 7 heteroatoms. The Labute approximate surface area is 132 Å². The number of ether oxygens (including phenoxy) is 2. The SMILES string of the molecule is CCCCOC[C@H](NC(=O)OC(C)(C)C)C(=O)NCCC#N. The van der Waals surface area contributed by atoms with Crippen molar-refractivity contribution in [2.24, 2.45) is 0 Å². The summed E-state index contributed by atoms with van der Waals surface area (Å²) in [7, 11) is 0. The predicted octanol–water partition coefficient (Wildman–Crippen LogP) is 1.73. The number of nitrogens with one attached hydrogen (secondary N) is 2. The quantitative estimate of drug-likeness (QED) is 0.631. The largest absolute Gasteiger partial charge is 0.444 e. The van der Waals surface area contributed by atoms with Crippen molar-refractivity contribution in [2.75, 3.05) is 19.8 Å². The van der Waals surface area contributed by atoms with Crippen molar-refractivity contribution in [3.63, 3.8) is 0 Å². The van der Waals surface area contributed by atoms with E-state index >= 15 is 0 Å². The molecule has 0 rings (SSSR count). The molecule has 0 bridgehead atoms. The third-order valence-corrected chi connectivity index (χ3v) is 2.47. The van der Waals surface area contributed by atoms with Gasteiger partial charge in [-0.1, -0.05) is 13.3 Å². The van der Waals surface area contributed by atoms with Crippen LogP contribution in [0, 0.1) is 11.3 Å². The first-order chi connectivity index (χ1) is 10.3. The van der Waals surface area contributed by atoms with Crippen LogP contribution in [0.15, 0.2) is 0 Å². The third-order valence-electron chi connectivity index (χ3n) is 2.47. The number of carbonyl (C=O) groups excluding carboxylic acids is 2. The summed E-state index contributed by atoms with van der Waals surface area (Å²) in [5.74, 6) is -0.391. The predicted molar refractivity (Wildman–Crippen MR) is 82.1 cm³/mol. The maximum Gasteiger partial charge on any atom is 0.408 e. The van der Waals surface area contributed by atoms with E-state index in [1.807, 2.05) is 13.0 Å². The molecule has 0 aliphatic rings. The summed E-state index contributed by atoms with van der Waals surface area (Å²) in [4.78, 5) is 23.8. The molecule has 2 N–H and O–H groups in total. The lowest BCUT2D eigenvalue weighted by molar-refractivity contribution is -0.124. The zero-order valence-corrected chi connectivity index (χ0v) is 13.9. The average Bonchev–Trinajstić information content (AvgIpc) is 2.40. The first-order valence-electron chi connectivity index (χ1n) is 7.52. The van der Waals surface area contributed by atoms with Gasteiger partial charge in [-0.25, -0.2) is 4.79 Å². The van der Waals surface area contributed by atoms with Gasteiger partial charge in [-0.15, -0.1) is 0 Å². The second kappa shape index (κ2) is 10.9. The van der Waals surface area contributed by atoms with Crippen LogP contribution in [0.1, 0.15) is 47.0 Å². The molecule has 1 atom stereocenters. The first kappa shape index (κ1) is 20.2. The number of hydrogen-bond acceptors (Lipinski definition) is 5. The van der Waals surface area contributed by atoms with E-state index in [2.05, 4.69) is 10.6 Å². The molecule has 0 heterocycles. The zero-order valence-electron chi connectivity index (χ0n) is 13.9. The standard InChI is InChI=1S/C15H27N3O4/c1-5-6-10-21-11-12(13(19)17-9-7-8-16)18-14(20)22-15(2,3)4/h12H,5-7,9-11H2,1-4H3,(H,17,19)(H,18,20)/t12-/m0/s1. The van der Waals surface area contributed by atoms with Crippen molar-refractivity contribution in [3.8, 4) is 6.07 Å². The van der Waals surface area contributed by atoms with Gasteiger partial charge in [-0.3, -0.25) is 4.79 Å². The highest BCUT2D eigenvalue weighted by molar-refractivity contribution is 5.85. The van der Waals surface area contributed by atoms with Crippen molar-refractivity contribution in [3.05, 3.63) is 0 Å². The van der Waals surface area contributed by atoms with Crippen LogP contribution >= 0.6 is 0 Å². The Morgan fingerprint density at radius 3 is 2.55 bits per heavy atom. The summed E-state index contributed by atoms with van der Waals surface area (Å²) in [6.45, 7) is 8.09. The van der Waals surface area contributed by atoms with E-state index in [1.54, 1.807) is 20.8 Å². The Morgan fingerprint density at radius 2 is 2.00 bits per heavy atom. The number of carbonyl (C=O) groups is 2. The fourth-order valence-corrected chi connectivity index (χ4v) is 1.45. The second-order valence-electron chi connectivity index (χ2n) is 5.83. The van der Waals surface area contributed by atoms with E-state index in [1.165, 1.54) is 0 Å². The summed E-state index contributed by atoms with van der Waals surface area (Å²) < 4.78 is 10.5. The average molecular weight is 313 g/mol. The van der Waals surface area contributed by atoms with Crippen LogP contribution in [0.5, 0.6) is 0 Å². The van der Waals surface area contributed by atoms with Crippen molar-refractivity contribution in [1.29, 1.82) is 5.26 Å². The zero-order chi connectivity index (χ0) is 17.0. The minimum absolute atomic E-state index is 0.0671. The molecule has 0 aromatic heterocycles. The normalized spacial score (nSPS) is 12.1. The van der Waals surface area contributed by atoms with Gasteiger partial charge in [0.15, 0.2) is 0 Å². The summed E-state index contributed by atoms with van der Waals surface area (Å²) >= 11 is 0. The molecular weight excluding hydrogens is 286 g/mol. The number of amides is 2.